The summed E-state index contributed by atoms with van der Waals surface area (Å²) in [4.78, 5) is 0. The lowest BCUT2D eigenvalue weighted by molar-refractivity contribution is 0.860. The van der Waals surface area contributed by atoms with Crippen molar-refractivity contribution < 1.29 is 0 Å². The van der Waals surface area contributed by atoms with Crippen LogP contribution in [-0.4, -0.2) is 25.7 Å². The average molecular weight is 282 g/mol. The molecule has 1 atom stereocenters. The normalized spacial score (nSPS) is 13.1. The van der Waals surface area contributed by atoms with Crippen molar-refractivity contribution in [2.24, 2.45) is 0 Å². The zero-order valence-corrected chi connectivity index (χ0v) is 11.9. The van der Waals surface area contributed by atoms with Crippen molar-refractivity contribution in [3.8, 4) is 0 Å². The molecule has 0 saturated heterocycles. The second-order valence-electron chi connectivity index (χ2n) is 3.67. The molecule has 0 aromatic heterocycles. The van der Waals surface area contributed by atoms with Crippen LogP contribution >= 0.6 is 34.8 Å². The molecule has 0 heterocycles. The Morgan fingerprint density at radius 3 is 2.07 bits per heavy atom. The van der Waals surface area contributed by atoms with E-state index in [0.717, 1.165) is 17.1 Å². The summed E-state index contributed by atoms with van der Waals surface area (Å²) >= 11 is 17.8. The lowest BCUT2D eigenvalue weighted by atomic mass is 10.0. The molecule has 1 unspecified atom stereocenters. The summed E-state index contributed by atoms with van der Waals surface area (Å²) in [5, 5.41) is 0. The largest absolute Gasteiger partial charge is 0.130 e. The van der Waals surface area contributed by atoms with Crippen LogP contribution in [0.1, 0.15) is 11.5 Å². The second-order valence-corrected chi connectivity index (χ2v) is 8.65. The van der Waals surface area contributed by atoms with Gasteiger partial charge in [0.1, 0.15) is 0 Å². The van der Waals surface area contributed by atoms with Crippen molar-refractivity contribution in [1.82, 2.24) is 0 Å². The van der Waals surface area contributed by atoms with Crippen molar-refractivity contribution in [1.29, 1.82) is 0 Å². The van der Waals surface area contributed by atoms with Gasteiger partial charge in [0.2, 0.25) is 0 Å². The monoisotopic (exact) mass is 280 g/mol. The molecule has 1 aromatic rings. The van der Waals surface area contributed by atoms with E-state index >= 15 is 0 Å². The van der Waals surface area contributed by atoms with Gasteiger partial charge in [-0.3, -0.25) is 0 Å². The van der Waals surface area contributed by atoms with Gasteiger partial charge in [-0.1, -0.05) is 30.3 Å². The predicted molar refractivity (Wildman–Crippen MR) is 73.3 cm³/mol. The third kappa shape index (κ3) is 4.35. The number of alkyl halides is 3. The van der Waals surface area contributed by atoms with Gasteiger partial charge in [-0.2, -0.15) is 0 Å². The first-order valence-electron chi connectivity index (χ1n) is 5.04. The highest BCUT2D eigenvalue weighted by Crippen LogP contribution is 2.23. The maximum atomic E-state index is 6.00. The number of hydrogen-bond donors (Lipinski definition) is 0. The van der Waals surface area contributed by atoms with Crippen molar-refractivity contribution >= 4 is 43.6 Å². The van der Waals surface area contributed by atoms with Crippen LogP contribution < -0.4 is 0 Å². The van der Waals surface area contributed by atoms with E-state index in [0.29, 0.717) is 11.8 Å². The smallest absolute Gasteiger partial charge is 0.0714 e. The van der Waals surface area contributed by atoms with E-state index in [4.69, 9.17) is 34.8 Å². The summed E-state index contributed by atoms with van der Waals surface area (Å²) in [6.07, 6.45) is 0. The van der Waals surface area contributed by atoms with Gasteiger partial charge in [0.25, 0.3) is 0 Å². The molecule has 0 amide bonds. The van der Waals surface area contributed by atoms with Gasteiger partial charge in [-0.15, -0.1) is 34.8 Å². The van der Waals surface area contributed by atoms with Gasteiger partial charge in [-0.05, 0) is 17.5 Å². The average Bonchev–Trinajstić information content (AvgIpc) is 2.32. The summed E-state index contributed by atoms with van der Waals surface area (Å²) < 4.78 is 0. The quantitative estimate of drug-likeness (QED) is 0.550. The number of hydrogen-bond acceptors (Lipinski definition) is 0. The van der Waals surface area contributed by atoms with Gasteiger partial charge < -0.3 is 0 Å². The number of rotatable bonds is 6. The molecule has 0 N–H and O–H groups in total. The highest BCUT2D eigenvalue weighted by atomic mass is 35.5. The van der Waals surface area contributed by atoms with Gasteiger partial charge in [0.15, 0.2) is 0 Å². The molecule has 0 radical (unpaired) electrons. The summed E-state index contributed by atoms with van der Waals surface area (Å²) in [6.45, 7) is 0. The van der Waals surface area contributed by atoms with E-state index in [-0.39, 0.29) is 0 Å². The first-order valence-corrected chi connectivity index (χ1v) is 9.10. The molecule has 0 aliphatic rings. The van der Waals surface area contributed by atoms with E-state index in [9.17, 15) is 0 Å². The first kappa shape index (κ1) is 13.4. The van der Waals surface area contributed by atoms with Crippen molar-refractivity contribution in [3.05, 3.63) is 35.9 Å². The minimum Gasteiger partial charge on any atom is -0.130 e. The molecule has 1 aromatic carbocycles. The lowest BCUT2D eigenvalue weighted by Crippen LogP contribution is -2.22. The maximum absolute atomic E-state index is 6.00. The van der Waals surface area contributed by atoms with Crippen LogP contribution in [0.25, 0.3) is 0 Å². The molecule has 84 valence electrons. The minimum absolute atomic E-state index is 0.419. The van der Waals surface area contributed by atoms with Crippen molar-refractivity contribution in [2.45, 2.75) is 12.0 Å². The SMILES string of the molecule is ClCC(C[SiH](CCl)CCl)c1ccccc1. The summed E-state index contributed by atoms with van der Waals surface area (Å²) in [5.41, 5.74) is 2.79. The summed E-state index contributed by atoms with van der Waals surface area (Å²) in [7, 11) is -0.991. The Balaban J connectivity index is 2.64. The zero-order chi connectivity index (χ0) is 11.1. The molecule has 0 aliphatic heterocycles. The van der Waals surface area contributed by atoms with Gasteiger partial charge in [0.05, 0.1) is 8.80 Å². The van der Waals surface area contributed by atoms with Crippen LogP contribution in [0.2, 0.25) is 6.04 Å². The van der Waals surface area contributed by atoms with Gasteiger partial charge in [0, 0.05) is 16.9 Å². The molecule has 0 spiro atoms. The van der Waals surface area contributed by atoms with E-state index in [1.807, 2.05) is 18.2 Å². The molecular weight excluding hydrogens is 267 g/mol. The fourth-order valence-electron chi connectivity index (χ4n) is 1.58. The van der Waals surface area contributed by atoms with E-state index in [1.54, 1.807) is 0 Å². The lowest BCUT2D eigenvalue weighted by Gasteiger charge is -2.17. The van der Waals surface area contributed by atoms with E-state index in [2.05, 4.69) is 12.1 Å². The highest BCUT2D eigenvalue weighted by Gasteiger charge is 2.17. The molecule has 0 fully saturated rings. The molecule has 0 saturated carbocycles. The molecular formula is C11H15Cl3Si. The van der Waals surface area contributed by atoms with Crippen LogP contribution in [0.3, 0.4) is 0 Å². The Labute approximate surface area is 108 Å². The van der Waals surface area contributed by atoms with Gasteiger partial charge >= 0.3 is 0 Å². The van der Waals surface area contributed by atoms with Crippen molar-refractivity contribution in [2.75, 3.05) is 16.9 Å². The Morgan fingerprint density at radius 1 is 1.00 bits per heavy atom. The maximum Gasteiger partial charge on any atom is 0.0714 e. The molecule has 15 heavy (non-hydrogen) atoms. The van der Waals surface area contributed by atoms with Crippen LogP contribution in [0, 0.1) is 0 Å². The van der Waals surface area contributed by atoms with E-state index < -0.39 is 8.80 Å². The third-order valence-electron chi connectivity index (χ3n) is 2.51. The molecule has 0 nitrogen and oxygen atoms in total. The molecule has 1 rings (SSSR count). The number of benzene rings is 1. The predicted octanol–water partition coefficient (Wildman–Crippen LogP) is 3.79. The second kappa shape index (κ2) is 7.56. The van der Waals surface area contributed by atoms with Crippen molar-refractivity contribution in [3.63, 3.8) is 0 Å². The van der Waals surface area contributed by atoms with Crippen LogP contribution in [0.4, 0.5) is 0 Å². The topological polar surface area (TPSA) is 0 Å². The Morgan fingerprint density at radius 2 is 1.60 bits per heavy atom. The summed E-state index contributed by atoms with van der Waals surface area (Å²) in [5.74, 6) is 1.07. The molecule has 0 bridgehead atoms. The third-order valence-corrected chi connectivity index (χ3v) is 7.61. The fraction of sp³-hybridized carbons (Fsp3) is 0.455. The minimum atomic E-state index is -0.991. The fourth-order valence-corrected chi connectivity index (χ4v) is 5.42. The zero-order valence-electron chi connectivity index (χ0n) is 8.50. The summed E-state index contributed by atoms with van der Waals surface area (Å²) in [6, 6.07) is 11.5. The standard InChI is InChI=1S/C11H15Cl3Si/c12-6-11(7-15(8-13)9-14)10-4-2-1-3-5-10/h1-5,11,15H,6-9H2. The van der Waals surface area contributed by atoms with Crippen LogP contribution in [0.15, 0.2) is 30.3 Å². The Bertz CT molecular complexity index is 262. The van der Waals surface area contributed by atoms with Crippen LogP contribution in [0.5, 0.6) is 0 Å². The highest BCUT2D eigenvalue weighted by molar-refractivity contribution is 6.73. The molecule has 0 aliphatic carbocycles. The Hall–Kier alpha value is 0.307. The van der Waals surface area contributed by atoms with Crippen LogP contribution in [-0.2, 0) is 0 Å². The van der Waals surface area contributed by atoms with Gasteiger partial charge in [-0.25, -0.2) is 0 Å². The first-order chi connectivity index (χ1) is 7.31. The van der Waals surface area contributed by atoms with E-state index in [1.165, 1.54) is 5.56 Å². The molecule has 4 heteroatoms. The number of halogens is 3. The Kier molecular flexibility index (Phi) is 6.74.